The largest absolute Gasteiger partial charge is 0.396 e. The van der Waals surface area contributed by atoms with Gasteiger partial charge in [-0.05, 0) is 57.3 Å². The van der Waals surface area contributed by atoms with E-state index in [0.717, 1.165) is 38.0 Å². The Morgan fingerprint density at radius 1 is 1.29 bits per heavy atom. The number of nitrogens with zero attached hydrogens (tertiary/aromatic N) is 1. The smallest absolute Gasteiger partial charge is 0.178 e. The first kappa shape index (κ1) is 16.5. The fourth-order valence-corrected chi connectivity index (χ4v) is 4.14. The monoisotopic (exact) mass is 311 g/mol. The van der Waals surface area contributed by atoms with Gasteiger partial charge in [0.25, 0.3) is 0 Å². The molecule has 1 aromatic carbocycles. The fourth-order valence-electron chi connectivity index (χ4n) is 2.85. The Balaban J connectivity index is 1.83. The van der Waals surface area contributed by atoms with Crippen LogP contribution in [0, 0.1) is 12.8 Å². The van der Waals surface area contributed by atoms with Crippen LogP contribution in [0.25, 0.3) is 0 Å². The van der Waals surface area contributed by atoms with Gasteiger partial charge in [-0.15, -0.1) is 0 Å². The standard InChI is InChI=1S/C16H25NO3S/c1-14-5-7-16(8-6-14)21(19,20)11-3-10-17-9-2-4-15(12-17)13-18/h5-8,15,18H,2-4,9-13H2,1H3. The van der Waals surface area contributed by atoms with E-state index in [4.69, 9.17) is 0 Å². The summed E-state index contributed by atoms with van der Waals surface area (Å²) in [6.07, 6.45) is 2.82. The maximum absolute atomic E-state index is 12.2. The number of aliphatic hydroxyl groups is 1. The highest BCUT2D eigenvalue weighted by Crippen LogP contribution is 2.17. The van der Waals surface area contributed by atoms with Crippen LogP contribution >= 0.6 is 0 Å². The Bertz CT molecular complexity index is 539. The molecular weight excluding hydrogens is 286 g/mol. The van der Waals surface area contributed by atoms with Crippen molar-refractivity contribution in [3.63, 3.8) is 0 Å². The molecule has 0 radical (unpaired) electrons. The molecule has 0 spiro atoms. The third-order valence-electron chi connectivity index (χ3n) is 4.13. The molecule has 0 saturated carbocycles. The van der Waals surface area contributed by atoms with Crippen molar-refractivity contribution in [1.29, 1.82) is 0 Å². The van der Waals surface area contributed by atoms with E-state index >= 15 is 0 Å². The first-order valence-electron chi connectivity index (χ1n) is 7.64. The summed E-state index contributed by atoms with van der Waals surface area (Å²) >= 11 is 0. The molecule has 0 amide bonds. The van der Waals surface area contributed by atoms with Crippen LogP contribution in [0.1, 0.15) is 24.8 Å². The molecule has 0 aliphatic carbocycles. The number of aliphatic hydroxyl groups excluding tert-OH is 1. The van der Waals surface area contributed by atoms with Crippen molar-refractivity contribution in [2.24, 2.45) is 5.92 Å². The predicted molar refractivity (Wildman–Crippen MR) is 84.1 cm³/mol. The minimum atomic E-state index is -3.17. The summed E-state index contributed by atoms with van der Waals surface area (Å²) in [7, 11) is -3.17. The highest BCUT2D eigenvalue weighted by Gasteiger charge is 2.20. The second-order valence-electron chi connectivity index (χ2n) is 5.98. The lowest BCUT2D eigenvalue weighted by Gasteiger charge is -2.31. The van der Waals surface area contributed by atoms with Crippen molar-refractivity contribution >= 4 is 9.84 Å². The SMILES string of the molecule is Cc1ccc(S(=O)(=O)CCCN2CCCC(CO)C2)cc1. The third kappa shape index (κ3) is 4.80. The summed E-state index contributed by atoms with van der Waals surface area (Å²) in [5, 5.41) is 9.21. The van der Waals surface area contributed by atoms with E-state index in [9.17, 15) is 13.5 Å². The summed E-state index contributed by atoms with van der Waals surface area (Å²) in [6, 6.07) is 7.05. The van der Waals surface area contributed by atoms with E-state index in [-0.39, 0.29) is 12.4 Å². The molecule has 1 unspecified atom stereocenters. The minimum absolute atomic E-state index is 0.191. The first-order chi connectivity index (χ1) is 10.0. The highest BCUT2D eigenvalue weighted by molar-refractivity contribution is 7.91. The summed E-state index contributed by atoms with van der Waals surface area (Å²) in [5.41, 5.74) is 1.07. The van der Waals surface area contributed by atoms with Crippen molar-refractivity contribution < 1.29 is 13.5 Å². The van der Waals surface area contributed by atoms with Crippen molar-refractivity contribution in [3.8, 4) is 0 Å². The highest BCUT2D eigenvalue weighted by atomic mass is 32.2. The van der Waals surface area contributed by atoms with Crippen molar-refractivity contribution in [3.05, 3.63) is 29.8 Å². The van der Waals surface area contributed by atoms with Gasteiger partial charge in [-0.25, -0.2) is 8.42 Å². The van der Waals surface area contributed by atoms with Crippen LogP contribution in [0.2, 0.25) is 0 Å². The van der Waals surface area contributed by atoms with Gasteiger partial charge in [-0.3, -0.25) is 0 Å². The van der Waals surface area contributed by atoms with Crippen LogP contribution in [0.4, 0.5) is 0 Å². The molecule has 1 fully saturated rings. The van der Waals surface area contributed by atoms with Crippen molar-refractivity contribution in [2.45, 2.75) is 31.1 Å². The molecule has 4 nitrogen and oxygen atoms in total. The zero-order valence-corrected chi connectivity index (χ0v) is 13.5. The number of aryl methyl sites for hydroxylation is 1. The Morgan fingerprint density at radius 2 is 2.00 bits per heavy atom. The van der Waals surface area contributed by atoms with Crippen LogP contribution in [-0.2, 0) is 9.84 Å². The van der Waals surface area contributed by atoms with Crippen LogP contribution < -0.4 is 0 Å². The van der Waals surface area contributed by atoms with Gasteiger partial charge >= 0.3 is 0 Å². The molecular formula is C16H25NO3S. The number of benzene rings is 1. The van der Waals surface area contributed by atoms with Gasteiger partial charge in [0.2, 0.25) is 0 Å². The average Bonchev–Trinajstić information content (AvgIpc) is 2.48. The van der Waals surface area contributed by atoms with Gasteiger partial charge in [0.15, 0.2) is 9.84 Å². The van der Waals surface area contributed by atoms with E-state index in [1.807, 2.05) is 19.1 Å². The van der Waals surface area contributed by atoms with Gasteiger partial charge in [0, 0.05) is 13.2 Å². The lowest BCUT2D eigenvalue weighted by molar-refractivity contribution is 0.121. The van der Waals surface area contributed by atoms with Gasteiger partial charge in [0.05, 0.1) is 10.6 Å². The van der Waals surface area contributed by atoms with Crippen LogP contribution in [0.5, 0.6) is 0 Å². The van der Waals surface area contributed by atoms with E-state index in [2.05, 4.69) is 4.90 Å². The maximum atomic E-state index is 12.2. The first-order valence-corrected chi connectivity index (χ1v) is 9.29. The number of likely N-dealkylation sites (tertiary alicyclic amines) is 1. The number of piperidine rings is 1. The molecule has 1 N–H and O–H groups in total. The maximum Gasteiger partial charge on any atom is 0.178 e. The molecule has 1 heterocycles. The second kappa shape index (κ2) is 7.38. The Hall–Kier alpha value is -0.910. The number of hydrogen-bond donors (Lipinski definition) is 1. The molecule has 0 aromatic heterocycles. The van der Waals surface area contributed by atoms with E-state index in [0.29, 0.717) is 17.2 Å². The molecule has 1 aliphatic heterocycles. The summed E-state index contributed by atoms with van der Waals surface area (Å²) in [4.78, 5) is 2.69. The molecule has 1 aromatic rings. The van der Waals surface area contributed by atoms with E-state index in [1.165, 1.54) is 0 Å². The summed E-state index contributed by atoms with van der Waals surface area (Å²) in [5.74, 6) is 0.545. The molecule has 118 valence electrons. The molecule has 1 aliphatic rings. The van der Waals surface area contributed by atoms with Crippen molar-refractivity contribution in [1.82, 2.24) is 4.90 Å². The zero-order chi connectivity index (χ0) is 15.3. The van der Waals surface area contributed by atoms with E-state index < -0.39 is 9.84 Å². The van der Waals surface area contributed by atoms with Crippen molar-refractivity contribution in [2.75, 3.05) is 32.0 Å². The molecule has 2 rings (SSSR count). The summed E-state index contributed by atoms with van der Waals surface area (Å²) < 4.78 is 24.5. The lowest BCUT2D eigenvalue weighted by Crippen LogP contribution is -2.37. The van der Waals surface area contributed by atoms with Crippen LogP contribution in [0.15, 0.2) is 29.2 Å². The number of rotatable bonds is 6. The lowest BCUT2D eigenvalue weighted by atomic mass is 9.99. The summed E-state index contributed by atoms with van der Waals surface area (Å²) in [6.45, 7) is 4.88. The Morgan fingerprint density at radius 3 is 2.67 bits per heavy atom. The van der Waals surface area contributed by atoms with Gasteiger partial charge in [-0.1, -0.05) is 17.7 Å². The normalized spacial score (nSPS) is 20.6. The van der Waals surface area contributed by atoms with Gasteiger partial charge in [0.1, 0.15) is 0 Å². The van der Waals surface area contributed by atoms with Crippen LogP contribution in [-0.4, -0.2) is 50.4 Å². The van der Waals surface area contributed by atoms with Gasteiger partial charge in [-0.2, -0.15) is 0 Å². The molecule has 5 heteroatoms. The second-order valence-corrected chi connectivity index (χ2v) is 8.09. The minimum Gasteiger partial charge on any atom is -0.396 e. The van der Waals surface area contributed by atoms with Crippen LogP contribution in [0.3, 0.4) is 0 Å². The third-order valence-corrected chi connectivity index (χ3v) is 5.95. The number of hydrogen-bond acceptors (Lipinski definition) is 4. The average molecular weight is 311 g/mol. The fraction of sp³-hybridized carbons (Fsp3) is 0.625. The van der Waals surface area contributed by atoms with Gasteiger partial charge < -0.3 is 10.0 Å². The quantitative estimate of drug-likeness (QED) is 0.871. The molecule has 1 atom stereocenters. The number of sulfone groups is 1. The van der Waals surface area contributed by atoms with E-state index in [1.54, 1.807) is 12.1 Å². The predicted octanol–water partition coefficient (Wildman–Crippen LogP) is 1.86. The molecule has 21 heavy (non-hydrogen) atoms. The molecule has 0 bridgehead atoms. The Labute approximate surface area is 127 Å². The molecule has 1 saturated heterocycles. The Kier molecular flexibility index (Phi) is 5.79. The topological polar surface area (TPSA) is 57.6 Å². The zero-order valence-electron chi connectivity index (χ0n) is 12.7.